The van der Waals surface area contributed by atoms with Gasteiger partial charge in [-0.25, -0.2) is 5.43 Å². The van der Waals surface area contributed by atoms with Gasteiger partial charge in [0.25, 0.3) is 0 Å². The zero-order chi connectivity index (χ0) is 14.0. The molecule has 0 amide bonds. The minimum absolute atomic E-state index is 0.158. The quantitative estimate of drug-likeness (QED) is 0.641. The topological polar surface area (TPSA) is 81.7 Å². The van der Waals surface area contributed by atoms with Crippen LogP contribution in [0.5, 0.6) is 0 Å². The van der Waals surface area contributed by atoms with Crippen molar-refractivity contribution >= 4 is 27.5 Å². The van der Waals surface area contributed by atoms with E-state index in [1.165, 1.54) is 11.5 Å². The van der Waals surface area contributed by atoms with Gasteiger partial charge in [-0.15, -0.1) is 5.10 Å². The van der Waals surface area contributed by atoms with Crippen LogP contribution in [-0.4, -0.2) is 19.4 Å². The Kier molecular flexibility index (Phi) is 4.67. The largest absolute Gasteiger partial charge is 0.270 e. The lowest BCUT2D eigenvalue weighted by atomic mass is 10.1. The van der Waals surface area contributed by atoms with E-state index < -0.39 is 0 Å². The van der Waals surface area contributed by atoms with Crippen LogP contribution >= 0.6 is 27.5 Å². The van der Waals surface area contributed by atoms with Crippen molar-refractivity contribution in [3.05, 3.63) is 26.9 Å². The van der Waals surface area contributed by atoms with Crippen LogP contribution in [0, 0.1) is 0 Å². The molecule has 19 heavy (non-hydrogen) atoms. The van der Waals surface area contributed by atoms with Gasteiger partial charge < -0.3 is 0 Å². The molecule has 2 aromatic heterocycles. The number of nitrogens with zero attached hydrogens (tertiary/aromatic N) is 4. The molecule has 0 aliphatic carbocycles. The van der Waals surface area contributed by atoms with Gasteiger partial charge >= 0.3 is 0 Å². The van der Waals surface area contributed by atoms with Crippen LogP contribution in [-0.2, 0) is 6.42 Å². The Morgan fingerprint density at radius 2 is 2.26 bits per heavy atom. The van der Waals surface area contributed by atoms with Gasteiger partial charge in [0.15, 0.2) is 0 Å². The molecule has 2 heterocycles. The normalized spacial score (nSPS) is 13.2. The summed E-state index contributed by atoms with van der Waals surface area (Å²) < 4.78 is 6.91. The number of rotatable bonds is 5. The fourth-order valence-corrected chi connectivity index (χ4v) is 3.30. The fourth-order valence-electron chi connectivity index (χ4n) is 1.99. The van der Waals surface area contributed by atoms with Gasteiger partial charge in [-0.1, -0.05) is 11.4 Å². The predicted octanol–water partition coefficient (Wildman–Crippen LogP) is 2.19. The zero-order valence-corrected chi connectivity index (χ0v) is 13.5. The minimum atomic E-state index is -0.158. The van der Waals surface area contributed by atoms with E-state index in [-0.39, 0.29) is 12.1 Å². The SMILES string of the molecule is CCc1nnsc1C(NN)c1c(Br)cnn1C(C)C. The number of nitrogens with two attached hydrogens (primary N) is 1. The highest BCUT2D eigenvalue weighted by atomic mass is 79.9. The third-order valence-corrected chi connectivity index (χ3v) is 4.34. The molecule has 1 atom stereocenters. The molecule has 0 saturated carbocycles. The van der Waals surface area contributed by atoms with Gasteiger partial charge in [-0.2, -0.15) is 5.10 Å². The Hall–Kier alpha value is -0.830. The van der Waals surface area contributed by atoms with Gasteiger partial charge in [0.2, 0.25) is 0 Å². The Labute approximate surface area is 124 Å². The van der Waals surface area contributed by atoms with E-state index in [0.717, 1.165) is 27.2 Å². The molecule has 0 aromatic carbocycles. The first kappa shape index (κ1) is 14.6. The second-order valence-corrected chi connectivity index (χ2v) is 6.09. The molecule has 8 heteroatoms. The first-order chi connectivity index (χ1) is 9.10. The lowest BCUT2D eigenvalue weighted by molar-refractivity contribution is 0.476. The van der Waals surface area contributed by atoms with Gasteiger partial charge in [-0.05, 0) is 47.7 Å². The maximum absolute atomic E-state index is 5.76. The molecule has 0 spiro atoms. The van der Waals surface area contributed by atoms with Crippen molar-refractivity contribution in [2.75, 3.05) is 0 Å². The van der Waals surface area contributed by atoms with Crippen LogP contribution in [0.3, 0.4) is 0 Å². The summed E-state index contributed by atoms with van der Waals surface area (Å²) in [4.78, 5) is 1.04. The highest BCUT2D eigenvalue weighted by molar-refractivity contribution is 9.10. The average Bonchev–Trinajstić information content (AvgIpc) is 2.98. The fraction of sp³-hybridized carbons (Fsp3) is 0.545. The third kappa shape index (κ3) is 2.71. The number of hydrogen-bond acceptors (Lipinski definition) is 6. The monoisotopic (exact) mass is 344 g/mol. The van der Waals surface area contributed by atoms with E-state index >= 15 is 0 Å². The summed E-state index contributed by atoms with van der Waals surface area (Å²) in [6.07, 6.45) is 2.62. The highest BCUT2D eigenvalue weighted by Gasteiger charge is 2.26. The van der Waals surface area contributed by atoms with Crippen molar-refractivity contribution in [1.82, 2.24) is 24.8 Å². The number of aryl methyl sites for hydroxylation is 1. The standard InChI is InChI=1S/C11H17BrN6S/c1-4-8-11(19-17-16-8)9(15-13)10-7(12)5-14-18(10)6(2)3/h5-6,9,15H,4,13H2,1-3H3. The second-order valence-electron chi connectivity index (χ2n) is 4.45. The number of hydrogen-bond donors (Lipinski definition) is 2. The number of halogens is 1. The Balaban J connectivity index is 2.51. The van der Waals surface area contributed by atoms with E-state index in [2.05, 4.69) is 56.8 Å². The van der Waals surface area contributed by atoms with E-state index in [0.29, 0.717) is 0 Å². The van der Waals surface area contributed by atoms with Crippen LogP contribution in [0.25, 0.3) is 0 Å². The summed E-state index contributed by atoms with van der Waals surface area (Å²) in [6.45, 7) is 6.23. The molecule has 2 aromatic rings. The smallest absolute Gasteiger partial charge is 0.102 e. The van der Waals surface area contributed by atoms with Gasteiger partial charge in [0.1, 0.15) is 6.04 Å². The summed E-state index contributed by atoms with van der Waals surface area (Å²) >= 11 is 4.91. The predicted molar refractivity (Wildman–Crippen MR) is 78.8 cm³/mol. The maximum Gasteiger partial charge on any atom is 0.102 e. The van der Waals surface area contributed by atoms with Crippen molar-refractivity contribution in [2.24, 2.45) is 5.84 Å². The molecular formula is C11H17BrN6S. The average molecular weight is 345 g/mol. The van der Waals surface area contributed by atoms with E-state index in [1.54, 1.807) is 6.20 Å². The van der Waals surface area contributed by atoms with Crippen LogP contribution in [0.15, 0.2) is 10.7 Å². The number of hydrazine groups is 1. The Bertz CT molecular complexity index is 549. The van der Waals surface area contributed by atoms with Crippen molar-refractivity contribution in [2.45, 2.75) is 39.3 Å². The van der Waals surface area contributed by atoms with Crippen molar-refractivity contribution in [3.63, 3.8) is 0 Å². The van der Waals surface area contributed by atoms with Crippen molar-refractivity contribution in [1.29, 1.82) is 0 Å². The molecule has 2 rings (SSSR count). The Morgan fingerprint density at radius 1 is 1.53 bits per heavy atom. The summed E-state index contributed by atoms with van der Waals surface area (Å²) in [7, 11) is 0. The summed E-state index contributed by atoms with van der Waals surface area (Å²) in [5, 5.41) is 8.53. The Morgan fingerprint density at radius 3 is 2.84 bits per heavy atom. The molecular weight excluding hydrogens is 328 g/mol. The molecule has 0 bridgehead atoms. The van der Waals surface area contributed by atoms with Gasteiger partial charge in [0.05, 0.1) is 26.9 Å². The third-order valence-electron chi connectivity index (χ3n) is 2.90. The summed E-state index contributed by atoms with van der Waals surface area (Å²) in [6, 6.07) is 0.0948. The molecule has 104 valence electrons. The molecule has 0 saturated heterocycles. The number of nitrogens with one attached hydrogen (secondary N) is 1. The zero-order valence-electron chi connectivity index (χ0n) is 11.1. The van der Waals surface area contributed by atoms with Crippen molar-refractivity contribution < 1.29 is 0 Å². The van der Waals surface area contributed by atoms with Gasteiger partial charge in [0, 0.05) is 6.04 Å². The molecule has 6 nitrogen and oxygen atoms in total. The number of aromatic nitrogens is 4. The van der Waals surface area contributed by atoms with Crippen LogP contribution in [0.4, 0.5) is 0 Å². The molecule has 3 N–H and O–H groups in total. The molecule has 1 unspecified atom stereocenters. The second kappa shape index (κ2) is 6.08. The van der Waals surface area contributed by atoms with E-state index in [1.807, 2.05) is 4.68 Å². The lowest BCUT2D eigenvalue weighted by Gasteiger charge is -2.19. The molecule has 0 aliphatic rings. The van der Waals surface area contributed by atoms with Crippen LogP contribution < -0.4 is 11.3 Å². The van der Waals surface area contributed by atoms with Crippen LogP contribution in [0.2, 0.25) is 0 Å². The van der Waals surface area contributed by atoms with Crippen LogP contribution in [0.1, 0.15) is 49.1 Å². The lowest BCUT2D eigenvalue weighted by Crippen LogP contribution is -2.31. The molecule has 0 radical (unpaired) electrons. The highest BCUT2D eigenvalue weighted by Crippen LogP contribution is 2.32. The van der Waals surface area contributed by atoms with E-state index in [9.17, 15) is 0 Å². The maximum atomic E-state index is 5.76. The summed E-state index contributed by atoms with van der Waals surface area (Å²) in [5.41, 5.74) is 4.82. The van der Waals surface area contributed by atoms with Gasteiger partial charge in [-0.3, -0.25) is 10.5 Å². The first-order valence-electron chi connectivity index (χ1n) is 6.10. The summed E-state index contributed by atoms with van der Waals surface area (Å²) in [5.74, 6) is 5.76. The molecule has 0 fully saturated rings. The first-order valence-corrected chi connectivity index (χ1v) is 7.66. The molecule has 0 aliphatic heterocycles. The van der Waals surface area contributed by atoms with Crippen molar-refractivity contribution in [3.8, 4) is 0 Å². The van der Waals surface area contributed by atoms with E-state index in [4.69, 9.17) is 5.84 Å². The minimum Gasteiger partial charge on any atom is -0.270 e.